The Morgan fingerprint density at radius 3 is 2.87 bits per heavy atom. The number of hydrogen-bond donors (Lipinski definition) is 0. The first-order chi connectivity index (χ1) is 22.3. The number of benzene rings is 2. The lowest BCUT2D eigenvalue weighted by Gasteiger charge is -2.31. The molecule has 240 valence electrons. The van der Waals surface area contributed by atoms with Crippen LogP contribution in [0.2, 0.25) is 5.02 Å². The summed E-state index contributed by atoms with van der Waals surface area (Å²) >= 11 is 9.92. The summed E-state index contributed by atoms with van der Waals surface area (Å²) in [6.07, 6.45) is 6.94. The molecule has 1 amide bonds. The molecule has 3 aliphatic rings. The molecule has 0 unspecified atom stereocenters. The van der Waals surface area contributed by atoms with E-state index in [1.54, 1.807) is 35.4 Å². The van der Waals surface area contributed by atoms with Gasteiger partial charge in [0.2, 0.25) is 5.91 Å². The summed E-state index contributed by atoms with van der Waals surface area (Å²) in [4.78, 5) is 32.6. The number of anilines is 1. The van der Waals surface area contributed by atoms with Crippen LogP contribution in [-0.2, 0) is 4.79 Å². The molecule has 8 nitrogen and oxygen atoms in total. The topological polar surface area (TPSA) is 74.7 Å². The highest BCUT2D eigenvalue weighted by atomic mass is 79.9. The van der Waals surface area contributed by atoms with E-state index in [2.05, 4.69) is 30.8 Å². The van der Waals surface area contributed by atoms with Gasteiger partial charge in [-0.15, -0.1) is 0 Å². The molecule has 46 heavy (non-hydrogen) atoms. The van der Waals surface area contributed by atoms with Crippen molar-refractivity contribution >= 4 is 60.9 Å². The Labute approximate surface area is 279 Å². The molecule has 0 radical (unpaired) electrons. The van der Waals surface area contributed by atoms with Gasteiger partial charge in [-0.25, -0.2) is 8.78 Å². The van der Waals surface area contributed by atoms with Crippen molar-refractivity contribution in [2.24, 2.45) is 0 Å². The summed E-state index contributed by atoms with van der Waals surface area (Å²) in [6.45, 7) is 2.52. The summed E-state index contributed by atoms with van der Waals surface area (Å²) in [7, 11) is 1.89. The molecule has 0 spiro atoms. The highest BCUT2D eigenvalue weighted by molar-refractivity contribution is 9.09. The van der Waals surface area contributed by atoms with Crippen molar-refractivity contribution in [3.05, 3.63) is 65.6 Å². The van der Waals surface area contributed by atoms with Crippen LogP contribution in [-0.4, -0.2) is 93.6 Å². The van der Waals surface area contributed by atoms with Crippen molar-refractivity contribution in [1.82, 2.24) is 24.8 Å². The Balaban J connectivity index is 1.29. The first kappa shape index (κ1) is 31.2. The molecule has 0 bridgehead atoms. The van der Waals surface area contributed by atoms with E-state index in [9.17, 15) is 9.18 Å². The fraction of sp³-hybridized carbons (Fsp3) is 0.412. The molecule has 3 atom stereocenters. The molecular weight excluding hydrogens is 678 g/mol. The van der Waals surface area contributed by atoms with E-state index < -0.39 is 17.5 Å². The van der Waals surface area contributed by atoms with E-state index in [0.717, 1.165) is 24.8 Å². The van der Waals surface area contributed by atoms with Crippen LogP contribution in [0.5, 0.6) is 6.01 Å². The van der Waals surface area contributed by atoms with Gasteiger partial charge in [-0.05, 0) is 43.3 Å². The van der Waals surface area contributed by atoms with Gasteiger partial charge in [0.1, 0.15) is 29.8 Å². The lowest BCUT2D eigenvalue weighted by atomic mass is 9.95. The molecule has 5 heterocycles. The number of amides is 1. The largest absolute Gasteiger partial charge is 0.461 e. The Morgan fingerprint density at radius 2 is 2.04 bits per heavy atom. The molecular formula is C34H34BrClF2N6O2. The number of likely N-dealkylation sites (tertiary alicyclic amines) is 1. The summed E-state index contributed by atoms with van der Waals surface area (Å²) in [5.74, 6) is -0.207. The summed E-state index contributed by atoms with van der Waals surface area (Å²) in [5, 5.41) is 3.09. The maximum Gasteiger partial charge on any atom is 0.319 e. The minimum absolute atomic E-state index is 0.0241. The SMILES string of the molecule is CN(c1nc(OC[C@@]23CCCN2C[C@H](F)C3)nc2c(F)c(-c3cccc4cccc(Cl)c34)ncc12)[C@@H]1CCN(C(=O)/C=C/CBr)C1. The van der Waals surface area contributed by atoms with E-state index in [0.29, 0.717) is 65.0 Å². The number of halogens is 4. The van der Waals surface area contributed by atoms with Crippen LogP contribution in [0.3, 0.4) is 0 Å². The predicted octanol–water partition coefficient (Wildman–Crippen LogP) is 6.58. The van der Waals surface area contributed by atoms with Gasteiger partial charge in [0, 0.05) is 66.6 Å². The minimum Gasteiger partial charge on any atom is -0.461 e. The minimum atomic E-state index is -0.904. The van der Waals surface area contributed by atoms with Crippen LogP contribution in [0.1, 0.15) is 25.7 Å². The third-order valence-electron chi connectivity index (χ3n) is 9.69. The Hall–Kier alpha value is -3.41. The maximum atomic E-state index is 16.7. The fourth-order valence-electron chi connectivity index (χ4n) is 7.36. The number of carbonyl (C=O) groups excluding carboxylic acids is 1. The van der Waals surface area contributed by atoms with E-state index in [4.69, 9.17) is 21.3 Å². The van der Waals surface area contributed by atoms with E-state index in [1.807, 2.05) is 36.2 Å². The molecule has 12 heteroatoms. The number of fused-ring (bicyclic) bond motifs is 3. The van der Waals surface area contributed by atoms with Gasteiger partial charge in [0.15, 0.2) is 5.82 Å². The number of pyridine rings is 1. The first-order valence-electron chi connectivity index (χ1n) is 15.6. The molecule has 0 aliphatic carbocycles. The Kier molecular flexibility index (Phi) is 8.58. The van der Waals surface area contributed by atoms with Crippen molar-refractivity contribution in [1.29, 1.82) is 0 Å². The fourth-order valence-corrected chi connectivity index (χ4v) is 7.84. The van der Waals surface area contributed by atoms with E-state index in [1.165, 1.54) is 0 Å². The third-order valence-corrected chi connectivity index (χ3v) is 10.4. The monoisotopic (exact) mass is 710 g/mol. The number of alkyl halides is 2. The second-order valence-electron chi connectivity index (χ2n) is 12.4. The summed E-state index contributed by atoms with van der Waals surface area (Å²) < 4.78 is 37.5. The second-order valence-corrected chi connectivity index (χ2v) is 13.5. The lowest BCUT2D eigenvalue weighted by Crippen LogP contribution is -2.43. The molecule has 0 N–H and O–H groups in total. The maximum absolute atomic E-state index is 16.7. The van der Waals surface area contributed by atoms with Gasteiger partial charge in [-0.1, -0.05) is 63.9 Å². The van der Waals surface area contributed by atoms with Gasteiger partial charge in [0.25, 0.3) is 0 Å². The highest BCUT2D eigenvalue weighted by Gasteiger charge is 2.49. The smallest absolute Gasteiger partial charge is 0.319 e. The molecule has 3 aliphatic heterocycles. The number of ether oxygens (including phenoxy) is 1. The van der Waals surface area contributed by atoms with Crippen LogP contribution >= 0.6 is 27.5 Å². The zero-order chi connectivity index (χ0) is 32.0. The van der Waals surface area contributed by atoms with Crippen LogP contribution in [0.25, 0.3) is 32.9 Å². The number of aromatic nitrogens is 3. The molecule has 3 saturated heterocycles. The number of nitrogens with zero attached hydrogens (tertiary/aromatic N) is 6. The van der Waals surface area contributed by atoms with Crippen LogP contribution < -0.4 is 9.64 Å². The van der Waals surface area contributed by atoms with Crippen molar-refractivity contribution in [2.75, 3.05) is 50.1 Å². The van der Waals surface area contributed by atoms with Gasteiger partial charge < -0.3 is 14.5 Å². The Bertz CT molecular complexity index is 1840. The molecule has 2 aromatic heterocycles. The standard InChI is InChI=1S/C34H34BrClF2N6O2/c1-42(23-11-15-43(19-23)27(45)10-4-13-35)32-25-17-39-30(24-8-2-6-21-7-3-9-26(36)28(21)24)29(38)31(25)40-33(41-32)46-20-34-12-5-14-44(34)18-22(37)16-34/h2-4,6-10,17,22-23H,5,11-16,18-20H2,1H3/b10-4+/t22-,23-,34+/m1/s1. The molecule has 2 aromatic carbocycles. The molecule has 7 rings (SSSR count). The molecule has 3 fully saturated rings. The van der Waals surface area contributed by atoms with Crippen molar-refractivity contribution in [2.45, 2.75) is 43.4 Å². The number of likely N-dealkylation sites (N-methyl/N-ethyl adjacent to an activating group) is 1. The summed E-state index contributed by atoms with van der Waals surface area (Å²) in [6, 6.07) is 11.1. The Morgan fingerprint density at radius 1 is 1.22 bits per heavy atom. The van der Waals surface area contributed by atoms with Gasteiger partial charge in [0.05, 0.1) is 10.9 Å². The zero-order valence-electron chi connectivity index (χ0n) is 25.4. The summed E-state index contributed by atoms with van der Waals surface area (Å²) in [5.41, 5.74) is 0.334. The number of carbonyl (C=O) groups is 1. The molecule has 0 saturated carbocycles. The van der Waals surface area contributed by atoms with Crippen molar-refractivity contribution < 1.29 is 18.3 Å². The zero-order valence-corrected chi connectivity index (χ0v) is 27.8. The van der Waals surface area contributed by atoms with Gasteiger partial charge in [-0.3, -0.25) is 14.7 Å². The van der Waals surface area contributed by atoms with E-state index >= 15 is 4.39 Å². The van der Waals surface area contributed by atoms with Gasteiger partial charge >= 0.3 is 6.01 Å². The normalized spacial score (nSPS) is 23.2. The molecule has 4 aromatic rings. The highest BCUT2D eigenvalue weighted by Crippen LogP contribution is 2.41. The number of rotatable bonds is 8. The third kappa shape index (κ3) is 5.60. The number of hydrogen-bond acceptors (Lipinski definition) is 7. The average Bonchev–Trinajstić information content (AvgIpc) is 3.77. The quantitative estimate of drug-likeness (QED) is 0.151. The second kappa shape index (κ2) is 12.7. The predicted molar refractivity (Wildman–Crippen MR) is 180 cm³/mol. The van der Waals surface area contributed by atoms with Gasteiger partial charge in [-0.2, -0.15) is 9.97 Å². The first-order valence-corrected chi connectivity index (χ1v) is 17.1. The van der Waals surface area contributed by atoms with E-state index in [-0.39, 0.29) is 35.8 Å². The van der Waals surface area contributed by atoms with Crippen LogP contribution in [0.4, 0.5) is 14.6 Å². The van der Waals surface area contributed by atoms with Crippen LogP contribution in [0, 0.1) is 5.82 Å². The average molecular weight is 712 g/mol. The lowest BCUT2D eigenvalue weighted by molar-refractivity contribution is -0.125. The van der Waals surface area contributed by atoms with Crippen molar-refractivity contribution in [3.8, 4) is 17.3 Å². The van der Waals surface area contributed by atoms with Crippen molar-refractivity contribution in [3.63, 3.8) is 0 Å². The van der Waals surface area contributed by atoms with Crippen LogP contribution in [0.15, 0.2) is 54.7 Å². The number of allylic oxidation sites excluding steroid dienone is 1.